The highest BCUT2D eigenvalue weighted by Crippen LogP contribution is 2.11. The molecule has 0 aliphatic heterocycles. The summed E-state index contributed by atoms with van der Waals surface area (Å²) < 4.78 is 4.89. The van der Waals surface area contributed by atoms with Gasteiger partial charge in [0.25, 0.3) is 0 Å². The van der Waals surface area contributed by atoms with Crippen molar-refractivity contribution in [1.82, 2.24) is 5.32 Å². The van der Waals surface area contributed by atoms with Gasteiger partial charge in [-0.1, -0.05) is 26.0 Å². The Hall–Kier alpha value is -2.12. The van der Waals surface area contributed by atoms with Gasteiger partial charge in [0.15, 0.2) is 0 Å². The fraction of sp³-hybridized carbons (Fsp3) is 0.471. The molecule has 1 atom stereocenters. The lowest BCUT2D eigenvalue weighted by Crippen LogP contribution is -2.46. The van der Waals surface area contributed by atoms with Gasteiger partial charge in [0.2, 0.25) is 11.8 Å². The second-order valence-corrected chi connectivity index (χ2v) is 5.72. The first-order valence-electron chi connectivity index (χ1n) is 7.91. The van der Waals surface area contributed by atoms with Crippen molar-refractivity contribution in [3.63, 3.8) is 0 Å². The van der Waals surface area contributed by atoms with Crippen LogP contribution in [0.15, 0.2) is 24.3 Å². The predicted octanol–water partition coefficient (Wildman–Crippen LogP) is 1.25. The SMILES string of the molecule is CCOC(=O)Cc1cccc(NC(=O)CNC(=O)[C@@H](N)C(C)C)c1.Cl. The molecule has 8 heteroatoms. The van der Waals surface area contributed by atoms with Crippen LogP contribution >= 0.6 is 12.4 Å². The van der Waals surface area contributed by atoms with E-state index in [0.717, 1.165) is 5.56 Å². The number of amides is 2. The average Bonchev–Trinajstić information content (AvgIpc) is 2.52. The van der Waals surface area contributed by atoms with Crippen LogP contribution in [-0.4, -0.2) is 37.0 Å². The molecule has 0 spiro atoms. The van der Waals surface area contributed by atoms with Gasteiger partial charge in [0.05, 0.1) is 25.6 Å². The molecule has 0 saturated heterocycles. The summed E-state index contributed by atoms with van der Waals surface area (Å²) >= 11 is 0. The van der Waals surface area contributed by atoms with Crippen LogP contribution in [0, 0.1) is 5.92 Å². The molecule has 140 valence electrons. The van der Waals surface area contributed by atoms with Crippen LogP contribution < -0.4 is 16.4 Å². The number of hydrogen-bond acceptors (Lipinski definition) is 5. The van der Waals surface area contributed by atoms with Crippen LogP contribution in [0.3, 0.4) is 0 Å². The largest absolute Gasteiger partial charge is 0.466 e. The highest BCUT2D eigenvalue weighted by molar-refractivity contribution is 5.95. The molecule has 0 unspecified atom stereocenters. The zero-order chi connectivity index (χ0) is 18.1. The Balaban J connectivity index is 0.00000576. The molecule has 0 saturated carbocycles. The summed E-state index contributed by atoms with van der Waals surface area (Å²) in [6, 6.07) is 6.25. The number of nitrogens with two attached hydrogens (primary N) is 1. The van der Waals surface area contributed by atoms with Crippen LogP contribution in [0.5, 0.6) is 0 Å². The Labute approximate surface area is 154 Å². The number of carbonyl (C=O) groups is 3. The van der Waals surface area contributed by atoms with E-state index < -0.39 is 6.04 Å². The van der Waals surface area contributed by atoms with E-state index in [4.69, 9.17) is 10.5 Å². The minimum Gasteiger partial charge on any atom is -0.466 e. The molecule has 1 aromatic rings. The minimum atomic E-state index is -0.647. The van der Waals surface area contributed by atoms with Crippen molar-refractivity contribution in [2.45, 2.75) is 33.2 Å². The van der Waals surface area contributed by atoms with E-state index in [-0.39, 0.29) is 49.1 Å². The summed E-state index contributed by atoms with van der Waals surface area (Å²) in [6.07, 6.45) is 0.136. The first kappa shape index (κ1) is 22.9. The number of benzene rings is 1. The number of hydrogen-bond donors (Lipinski definition) is 3. The molecular weight excluding hydrogens is 346 g/mol. The highest BCUT2D eigenvalue weighted by Gasteiger charge is 2.17. The van der Waals surface area contributed by atoms with Gasteiger partial charge in [-0.3, -0.25) is 14.4 Å². The average molecular weight is 372 g/mol. The Morgan fingerprint density at radius 1 is 1.24 bits per heavy atom. The third kappa shape index (κ3) is 8.51. The van der Waals surface area contributed by atoms with Gasteiger partial charge < -0.3 is 21.1 Å². The van der Waals surface area contributed by atoms with E-state index >= 15 is 0 Å². The topological polar surface area (TPSA) is 111 Å². The van der Waals surface area contributed by atoms with Crippen molar-refractivity contribution in [2.75, 3.05) is 18.5 Å². The third-order valence-corrected chi connectivity index (χ3v) is 3.31. The van der Waals surface area contributed by atoms with Crippen molar-refractivity contribution in [1.29, 1.82) is 0 Å². The van der Waals surface area contributed by atoms with Gasteiger partial charge in [0.1, 0.15) is 0 Å². The summed E-state index contributed by atoms with van der Waals surface area (Å²) in [5, 5.41) is 5.16. The molecule has 1 aromatic carbocycles. The molecule has 0 fully saturated rings. The molecule has 0 aliphatic rings. The van der Waals surface area contributed by atoms with Gasteiger partial charge in [-0.15, -0.1) is 12.4 Å². The predicted molar refractivity (Wildman–Crippen MR) is 98.5 cm³/mol. The highest BCUT2D eigenvalue weighted by atomic mass is 35.5. The number of nitrogens with one attached hydrogen (secondary N) is 2. The maximum atomic E-state index is 11.9. The van der Waals surface area contributed by atoms with E-state index in [1.165, 1.54) is 0 Å². The summed E-state index contributed by atoms with van der Waals surface area (Å²) in [7, 11) is 0. The summed E-state index contributed by atoms with van der Waals surface area (Å²) in [6.45, 7) is 5.57. The van der Waals surface area contributed by atoms with Gasteiger partial charge >= 0.3 is 5.97 Å². The Morgan fingerprint density at radius 3 is 2.52 bits per heavy atom. The molecule has 1 rings (SSSR count). The lowest BCUT2D eigenvalue weighted by atomic mass is 10.1. The maximum Gasteiger partial charge on any atom is 0.310 e. The number of anilines is 1. The smallest absolute Gasteiger partial charge is 0.310 e. The minimum absolute atomic E-state index is 0. The number of halogens is 1. The zero-order valence-corrected chi connectivity index (χ0v) is 15.5. The molecule has 7 nitrogen and oxygen atoms in total. The van der Waals surface area contributed by atoms with Crippen LogP contribution in [-0.2, 0) is 25.5 Å². The standard InChI is InChI=1S/C17H25N3O4.ClH/c1-4-24-15(22)9-12-6-5-7-13(8-12)20-14(21)10-19-17(23)16(18)11(2)3;/h5-8,11,16H,4,9-10,18H2,1-3H3,(H,19,23)(H,20,21);1H/t16-;/m0./s1. The van der Waals surface area contributed by atoms with Crippen molar-refractivity contribution >= 4 is 35.9 Å². The lowest BCUT2D eigenvalue weighted by Gasteiger charge is -2.15. The van der Waals surface area contributed by atoms with Crippen LogP contribution in [0.1, 0.15) is 26.3 Å². The van der Waals surface area contributed by atoms with Gasteiger partial charge in [-0.2, -0.15) is 0 Å². The van der Waals surface area contributed by atoms with Crippen LogP contribution in [0.4, 0.5) is 5.69 Å². The lowest BCUT2D eigenvalue weighted by molar-refractivity contribution is -0.142. The molecule has 4 N–H and O–H groups in total. The molecule has 0 heterocycles. The normalized spacial score (nSPS) is 11.2. The quantitative estimate of drug-likeness (QED) is 0.595. The zero-order valence-electron chi connectivity index (χ0n) is 14.7. The molecule has 0 radical (unpaired) electrons. The molecule has 2 amide bonds. The van der Waals surface area contributed by atoms with E-state index in [2.05, 4.69) is 10.6 Å². The van der Waals surface area contributed by atoms with Gasteiger partial charge in [-0.25, -0.2) is 0 Å². The van der Waals surface area contributed by atoms with Crippen LogP contribution in [0.25, 0.3) is 0 Å². The molecule has 25 heavy (non-hydrogen) atoms. The molecule has 0 bridgehead atoms. The second kappa shape index (κ2) is 11.4. The first-order valence-corrected chi connectivity index (χ1v) is 7.91. The van der Waals surface area contributed by atoms with E-state index in [1.54, 1.807) is 31.2 Å². The summed E-state index contributed by atoms with van der Waals surface area (Å²) in [4.78, 5) is 35.1. The van der Waals surface area contributed by atoms with Crippen molar-refractivity contribution in [2.24, 2.45) is 11.7 Å². The fourth-order valence-corrected chi connectivity index (χ4v) is 1.93. The van der Waals surface area contributed by atoms with E-state index in [9.17, 15) is 14.4 Å². The monoisotopic (exact) mass is 371 g/mol. The fourth-order valence-electron chi connectivity index (χ4n) is 1.93. The number of carbonyl (C=O) groups excluding carboxylic acids is 3. The third-order valence-electron chi connectivity index (χ3n) is 3.31. The van der Waals surface area contributed by atoms with Crippen molar-refractivity contribution in [3.05, 3.63) is 29.8 Å². The number of esters is 1. The summed E-state index contributed by atoms with van der Waals surface area (Å²) in [5.74, 6) is -1.06. The van der Waals surface area contributed by atoms with Crippen molar-refractivity contribution < 1.29 is 19.1 Å². The maximum absolute atomic E-state index is 11.9. The Bertz CT molecular complexity index is 593. The summed E-state index contributed by atoms with van der Waals surface area (Å²) in [5.41, 5.74) is 6.98. The Kier molecular flexibility index (Phi) is 10.5. The van der Waals surface area contributed by atoms with Gasteiger partial charge in [0, 0.05) is 5.69 Å². The van der Waals surface area contributed by atoms with Crippen molar-refractivity contribution in [3.8, 4) is 0 Å². The molecule has 0 aromatic heterocycles. The van der Waals surface area contributed by atoms with Gasteiger partial charge in [-0.05, 0) is 30.5 Å². The Morgan fingerprint density at radius 2 is 1.92 bits per heavy atom. The van der Waals surface area contributed by atoms with E-state index in [1.807, 2.05) is 13.8 Å². The second-order valence-electron chi connectivity index (χ2n) is 5.72. The molecule has 0 aliphatic carbocycles. The molecular formula is C17H26ClN3O4. The van der Waals surface area contributed by atoms with Crippen LogP contribution in [0.2, 0.25) is 0 Å². The number of rotatable bonds is 8. The number of ether oxygens (including phenoxy) is 1. The van der Waals surface area contributed by atoms with E-state index in [0.29, 0.717) is 12.3 Å². The first-order chi connectivity index (χ1) is 11.3.